The fraction of sp³-hybridized carbons (Fsp3) is 0.924. The zero-order valence-corrected chi connectivity index (χ0v) is 64.8. The molecule has 1 aromatic carbocycles. The molecule has 1 aromatic rings. The van der Waals surface area contributed by atoms with Crippen molar-refractivity contribution < 1.29 is 0 Å². The second-order valence-electron chi connectivity index (χ2n) is 31.4. The second-order valence-corrected chi connectivity index (χ2v) is 31.4. The Morgan fingerprint density at radius 1 is 0.163 bits per heavy atom. The Labute approximate surface area is 585 Å². The molecule has 0 aliphatic rings. The van der Waals surface area contributed by atoms with Gasteiger partial charge in [0, 0.05) is 0 Å². The quantitative estimate of drug-likeness (QED) is 0.0570. The SMILES string of the molecule is [CH2]Cc1cc(CCCCCCCCCCCCCCCCCCCCCCCCCCCC)c(CCCCCCCCCCCCCCCCCCCCCCCCCCCC)c(CCCCCCCCCCCCCCCCCCCCCCCCCCCC)c1. The van der Waals surface area contributed by atoms with Crippen molar-refractivity contribution in [2.24, 2.45) is 0 Å². The molecule has 0 saturated heterocycles. The van der Waals surface area contributed by atoms with Gasteiger partial charge < -0.3 is 0 Å². The van der Waals surface area contributed by atoms with Crippen LogP contribution in [-0.4, -0.2) is 0 Å². The molecule has 0 heteroatoms. The lowest BCUT2D eigenvalue weighted by Crippen LogP contribution is -2.04. The molecule has 0 spiro atoms. The molecule has 0 nitrogen and oxygen atoms in total. The monoisotopic (exact) mass is 1280 g/mol. The Morgan fingerprint density at radius 2 is 0.283 bits per heavy atom. The summed E-state index contributed by atoms with van der Waals surface area (Å²) in [6.07, 6.45) is 119. The third-order valence-electron chi connectivity index (χ3n) is 22.2. The summed E-state index contributed by atoms with van der Waals surface area (Å²) in [5.41, 5.74) is 6.74. The maximum Gasteiger partial charge on any atom is -0.0273 e. The van der Waals surface area contributed by atoms with E-state index in [2.05, 4.69) is 39.8 Å². The van der Waals surface area contributed by atoms with Gasteiger partial charge in [-0.3, -0.25) is 0 Å². The molecule has 0 unspecified atom stereocenters. The van der Waals surface area contributed by atoms with Crippen LogP contribution in [0.1, 0.15) is 544 Å². The average molecular weight is 1280 g/mol. The van der Waals surface area contributed by atoms with E-state index in [-0.39, 0.29) is 0 Å². The van der Waals surface area contributed by atoms with Crippen molar-refractivity contribution in [2.75, 3.05) is 0 Å². The van der Waals surface area contributed by atoms with Crippen molar-refractivity contribution in [3.05, 3.63) is 41.3 Å². The second kappa shape index (κ2) is 79.2. The molecule has 1 rings (SSSR count). The third kappa shape index (κ3) is 67.8. The lowest BCUT2D eigenvalue weighted by molar-refractivity contribution is 0.515. The largest absolute Gasteiger partial charge is 0.0654 e. The van der Waals surface area contributed by atoms with E-state index < -0.39 is 0 Å². The van der Waals surface area contributed by atoms with Gasteiger partial charge in [-0.15, -0.1) is 0 Å². The van der Waals surface area contributed by atoms with E-state index in [9.17, 15) is 0 Å². The Bertz CT molecular complexity index is 1390. The van der Waals surface area contributed by atoms with Gasteiger partial charge in [-0.1, -0.05) is 514 Å². The Balaban J connectivity index is 2.30. The zero-order chi connectivity index (χ0) is 65.7. The number of unbranched alkanes of at least 4 members (excludes halogenated alkanes) is 75. The standard InChI is InChI=1S/C92H177/c1-5-9-12-15-18-21-24-27-30-33-36-39-42-45-48-51-54-57-60-63-66-69-72-75-78-81-84-90-87-89(8-4)88-91(85-82-79-76-73-70-67-64-61-58-55-52-49-46-43-40-37-34-31-28-25-22-19-16-13-10-6-2)92(90)86-83-80-77-74-71-68-65-62-59-56-53-50-47-44-41-38-35-32-29-26-23-20-17-14-11-7-3/h87-88H,4-86H2,1-3H3. The fourth-order valence-corrected chi connectivity index (χ4v) is 15.7. The van der Waals surface area contributed by atoms with Crippen LogP contribution in [-0.2, 0) is 25.7 Å². The summed E-state index contributed by atoms with van der Waals surface area (Å²) in [5.74, 6) is 0. The minimum Gasteiger partial charge on any atom is -0.0654 e. The van der Waals surface area contributed by atoms with Crippen LogP contribution >= 0.6 is 0 Å². The molecule has 0 aliphatic heterocycles. The fourth-order valence-electron chi connectivity index (χ4n) is 15.7. The first kappa shape index (κ1) is 89.2. The first-order valence-electron chi connectivity index (χ1n) is 44.7. The summed E-state index contributed by atoms with van der Waals surface area (Å²) >= 11 is 0. The summed E-state index contributed by atoms with van der Waals surface area (Å²) in [7, 11) is 0. The van der Waals surface area contributed by atoms with Gasteiger partial charge in [-0.2, -0.15) is 0 Å². The summed E-state index contributed by atoms with van der Waals surface area (Å²) in [6.45, 7) is 11.4. The van der Waals surface area contributed by atoms with E-state index in [4.69, 9.17) is 0 Å². The van der Waals surface area contributed by atoms with Crippen LogP contribution in [0.5, 0.6) is 0 Å². The van der Waals surface area contributed by atoms with Crippen LogP contribution < -0.4 is 0 Å². The molecule has 0 bridgehead atoms. The number of rotatable bonds is 82. The average Bonchev–Trinajstić information content (AvgIpc) is 1.14. The molecule has 0 aliphatic carbocycles. The summed E-state index contributed by atoms with van der Waals surface area (Å²) in [4.78, 5) is 0. The molecule has 1 radical (unpaired) electrons. The van der Waals surface area contributed by atoms with Crippen molar-refractivity contribution in [1.82, 2.24) is 0 Å². The van der Waals surface area contributed by atoms with Gasteiger partial charge in [0.2, 0.25) is 0 Å². The highest BCUT2D eigenvalue weighted by molar-refractivity contribution is 5.40. The molecular formula is C92H177. The molecule has 545 valence electrons. The van der Waals surface area contributed by atoms with Crippen LogP contribution in [0.25, 0.3) is 0 Å². The van der Waals surface area contributed by atoms with Gasteiger partial charge in [0.25, 0.3) is 0 Å². The maximum atomic E-state index is 4.43. The molecule has 0 aromatic heterocycles. The van der Waals surface area contributed by atoms with Gasteiger partial charge in [-0.25, -0.2) is 0 Å². The summed E-state index contributed by atoms with van der Waals surface area (Å²) in [6, 6.07) is 5.24. The number of hydrogen-bond acceptors (Lipinski definition) is 0. The van der Waals surface area contributed by atoms with Crippen LogP contribution in [0.15, 0.2) is 12.1 Å². The lowest BCUT2D eigenvalue weighted by atomic mass is 9.87. The van der Waals surface area contributed by atoms with E-state index in [0.717, 1.165) is 6.42 Å². The number of aryl methyl sites for hydroxylation is 2. The number of hydrogen-bond donors (Lipinski definition) is 0. The van der Waals surface area contributed by atoms with Crippen LogP contribution in [0.3, 0.4) is 0 Å². The summed E-state index contributed by atoms with van der Waals surface area (Å²) < 4.78 is 0. The van der Waals surface area contributed by atoms with Crippen molar-refractivity contribution >= 4 is 0 Å². The van der Waals surface area contributed by atoms with Gasteiger partial charge in [0.1, 0.15) is 0 Å². The molecule has 0 heterocycles. The van der Waals surface area contributed by atoms with Gasteiger partial charge in [0.05, 0.1) is 0 Å². The molecule has 0 atom stereocenters. The van der Waals surface area contributed by atoms with Crippen LogP contribution in [0.4, 0.5) is 0 Å². The van der Waals surface area contributed by atoms with Crippen LogP contribution in [0.2, 0.25) is 0 Å². The molecule has 0 amide bonds. The van der Waals surface area contributed by atoms with E-state index in [1.54, 1.807) is 16.7 Å². The third-order valence-corrected chi connectivity index (χ3v) is 22.2. The van der Waals surface area contributed by atoms with E-state index >= 15 is 0 Å². The molecule has 0 saturated carbocycles. The maximum absolute atomic E-state index is 4.43. The minimum atomic E-state index is 0.943. The lowest BCUT2D eigenvalue weighted by Gasteiger charge is -2.18. The predicted molar refractivity (Wildman–Crippen MR) is 424 cm³/mol. The topological polar surface area (TPSA) is 0 Å². The van der Waals surface area contributed by atoms with Gasteiger partial charge in [-0.05, 0) is 74.1 Å². The van der Waals surface area contributed by atoms with Crippen LogP contribution in [0, 0.1) is 6.92 Å². The molecule has 0 fully saturated rings. The Morgan fingerprint density at radius 3 is 0.413 bits per heavy atom. The normalized spacial score (nSPS) is 11.8. The van der Waals surface area contributed by atoms with Crippen molar-refractivity contribution in [3.63, 3.8) is 0 Å². The van der Waals surface area contributed by atoms with E-state index in [1.807, 2.05) is 0 Å². The molecule has 0 N–H and O–H groups in total. The van der Waals surface area contributed by atoms with Crippen molar-refractivity contribution in [3.8, 4) is 0 Å². The highest BCUT2D eigenvalue weighted by Gasteiger charge is 2.12. The van der Waals surface area contributed by atoms with Gasteiger partial charge >= 0.3 is 0 Å². The van der Waals surface area contributed by atoms with E-state index in [1.165, 1.54) is 526 Å². The van der Waals surface area contributed by atoms with Gasteiger partial charge in [0.15, 0.2) is 0 Å². The Kier molecular flexibility index (Phi) is 76.8. The van der Waals surface area contributed by atoms with E-state index in [0.29, 0.717) is 0 Å². The highest BCUT2D eigenvalue weighted by Crippen LogP contribution is 2.28. The molecular weight excluding hydrogens is 1110 g/mol. The predicted octanol–water partition coefficient (Wildman–Crippen LogP) is 34.2. The van der Waals surface area contributed by atoms with Crippen molar-refractivity contribution in [2.45, 2.75) is 547 Å². The first-order chi connectivity index (χ1) is 45.8. The minimum absolute atomic E-state index is 0.943. The van der Waals surface area contributed by atoms with Crippen molar-refractivity contribution in [1.29, 1.82) is 0 Å². The smallest absolute Gasteiger partial charge is 0.0273 e. The zero-order valence-electron chi connectivity index (χ0n) is 64.8. The summed E-state index contributed by atoms with van der Waals surface area (Å²) in [5, 5.41) is 0. The highest BCUT2D eigenvalue weighted by atomic mass is 14.2. The molecule has 92 heavy (non-hydrogen) atoms. The Hall–Kier alpha value is -0.780. The first-order valence-corrected chi connectivity index (χ1v) is 44.7. The number of benzene rings is 1.